The Hall–Kier alpha value is -4.40. The summed E-state index contributed by atoms with van der Waals surface area (Å²) in [6.45, 7) is 3.84. The van der Waals surface area contributed by atoms with Crippen LogP contribution in [0.5, 0.6) is 0 Å². The number of hydrogen-bond acceptors (Lipinski definition) is 0. The van der Waals surface area contributed by atoms with Crippen molar-refractivity contribution in [3.05, 3.63) is 0 Å². The van der Waals surface area contributed by atoms with Gasteiger partial charge in [-0.1, -0.05) is 85.4 Å². The van der Waals surface area contributed by atoms with Gasteiger partial charge in [0.15, 0.2) is 0 Å². The molecule has 0 heteroatoms. The van der Waals surface area contributed by atoms with Crippen molar-refractivity contribution in [2.24, 2.45) is 47.3 Å². The molecule has 8 aliphatic rings. The summed E-state index contributed by atoms with van der Waals surface area (Å²) >= 11 is 0. The summed E-state index contributed by atoms with van der Waals surface area (Å²) in [6.07, 6.45) is 25.8. The summed E-state index contributed by atoms with van der Waals surface area (Å²) in [5, 5.41) is 0. The molecule has 0 N–H and O–H groups in total. The zero-order valence-electron chi connectivity index (χ0n) is 30.8. The van der Waals surface area contributed by atoms with Crippen molar-refractivity contribution in [3.63, 3.8) is 0 Å². The van der Waals surface area contributed by atoms with Crippen LogP contribution in [0.1, 0.15) is 142 Å². The Bertz CT molecular complexity index is 1660. The highest BCUT2D eigenvalue weighted by molar-refractivity contribution is 5.31. The van der Waals surface area contributed by atoms with Crippen molar-refractivity contribution in [1.29, 1.82) is 0 Å². The van der Waals surface area contributed by atoms with E-state index in [1.54, 1.807) is 0 Å². The van der Waals surface area contributed by atoms with Crippen LogP contribution in [0.25, 0.3) is 0 Å². The molecule has 0 aliphatic heterocycles. The second-order valence-electron chi connectivity index (χ2n) is 14.4. The average Bonchev–Trinajstić information content (AvgIpc) is 3.87. The summed E-state index contributed by atoms with van der Waals surface area (Å²) in [5.74, 6) is 65.0. The molecule has 8 saturated carbocycles. The van der Waals surface area contributed by atoms with E-state index in [1.165, 1.54) is 122 Å². The minimum Gasteiger partial charge on any atom is -0.0925 e. The van der Waals surface area contributed by atoms with E-state index in [2.05, 4.69) is 118 Å². The van der Waals surface area contributed by atoms with E-state index in [9.17, 15) is 0 Å². The molecule has 0 aromatic rings. The maximum Gasteiger partial charge on any atom is 0.0214 e. The Morgan fingerprint density at radius 1 is 0.300 bits per heavy atom. The average molecular weight is 655 g/mol. The first-order valence-electron chi connectivity index (χ1n) is 19.7. The van der Waals surface area contributed by atoms with Crippen LogP contribution in [0.2, 0.25) is 0 Å². The minimum absolute atomic E-state index is 0.681. The van der Waals surface area contributed by atoms with Gasteiger partial charge in [-0.25, -0.2) is 0 Å². The van der Waals surface area contributed by atoms with Crippen molar-refractivity contribution in [3.8, 4) is 118 Å². The molecule has 0 spiro atoms. The highest BCUT2D eigenvalue weighted by Crippen LogP contribution is 2.30. The minimum atomic E-state index is 0.681. The zero-order chi connectivity index (χ0) is 34.9. The molecule has 254 valence electrons. The fourth-order valence-corrected chi connectivity index (χ4v) is 4.10. The number of hydrogen-bond donors (Lipinski definition) is 0. The molecule has 0 nitrogen and oxygen atoms in total. The van der Waals surface area contributed by atoms with Gasteiger partial charge in [-0.2, -0.15) is 0 Å². The lowest BCUT2D eigenvalue weighted by molar-refractivity contribution is 0.401. The molecular formula is C50H54. The van der Waals surface area contributed by atoms with Gasteiger partial charge < -0.3 is 0 Å². The summed E-state index contributed by atoms with van der Waals surface area (Å²) in [5.41, 5.74) is 0. The Labute approximate surface area is 307 Å². The molecule has 0 radical (unpaired) electrons. The lowest BCUT2D eigenvalue weighted by Crippen LogP contribution is -2.08. The maximum absolute atomic E-state index is 3.20. The van der Waals surface area contributed by atoms with Crippen LogP contribution in [-0.2, 0) is 0 Å². The predicted octanol–water partition coefficient (Wildman–Crippen LogP) is 9.85. The van der Waals surface area contributed by atoms with E-state index in [-0.39, 0.29) is 0 Å². The van der Waals surface area contributed by atoms with Crippen LogP contribution in [0.3, 0.4) is 0 Å². The van der Waals surface area contributed by atoms with Gasteiger partial charge in [-0.15, -0.1) is 0 Å². The summed E-state index contributed by atoms with van der Waals surface area (Å²) in [7, 11) is 0. The third-order valence-electron chi connectivity index (χ3n) is 9.12. The highest BCUT2D eigenvalue weighted by Gasteiger charge is 2.20. The van der Waals surface area contributed by atoms with Crippen molar-refractivity contribution in [2.45, 2.75) is 142 Å². The van der Waals surface area contributed by atoms with E-state index in [0.717, 1.165) is 6.42 Å². The second-order valence-corrected chi connectivity index (χ2v) is 14.4. The maximum atomic E-state index is 3.20. The first-order chi connectivity index (χ1) is 24.7. The van der Waals surface area contributed by atoms with Gasteiger partial charge in [0.05, 0.1) is 0 Å². The molecule has 0 unspecified atom stereocenters. The van der Waals surface area contributed by atoms with Crippen molar-refractivity contribution in [1.82, 2.24) is 0 Å². The molecule has 8 fully saturated rings. The predicted molar refractivity (Wildman–Crippen MR) is 209 cm³/mol. The lowest BCUT2D eigenvalue weighted by Gasteiger charge is -2.18. The summed E-state index contributed by atoms with van der Waals surface area (Å²) in [6, 6.07) is 0. The zero-order valence-corrected chi connectivity index (χ0v) is 30.8. The first-order valence-corrected chi connectivity index (χ1v) is 19.7. The van der Waals surface area contributed by atoms with Crippen LogP contribution >= 0.6 is 0 Å². The fourth-order valence-electron chi connectivity index (χ4n) is 4.10. The SMILES string of the molecule is C(C#CC1CC1)#CC1CC1.C(C#CC1CC1)#CC1CCC1.C(C#CC1CCC1)#CC1CCC1.CC#CC#CC1CC1.CCC#CC#CC1CC1. The molecule has 8 rings (SSSR count). The first kappa shape index (κ1) is 38.4. The molecule has 8 aliphatic carbocycles. The molecule has 0 aromatic heterocycles. The van der Waals surface area contributed by atoms with Crippen molar-refractivity contribution >= 4 is 0 Å². The normalized spacial score (nSPS) is 19.7. The smallest absolute Gasteiger partial charge is 0.0214 e. The molecule has 0 saturated heterocycles. The Kier molecular flexibility index (Phi) is 18.3. The van der Waals surface area contributed by atoms with Crippen molar-refractivity contribution < 1.29 is 0 Å². The summed E-state index contributed by atoms with van der Waals surface area (Å²) in [4.78, 5) is 0. The van der Waals surface area contributed by atoms with Crippen LogP contribution in [0.4, 0.5) is 0 Å². The van der Waals surface area contributed by atoms with Gasteiger partial charge >= 0.3 is 0 Å². The monoisotopic (exact) mass is 654 g/mol. The Morgan fingerprint density at radius 3 is 0.700 bits per heavy atom. The van der Waals surface area contributed by atoms with Gasteiger partial charge in [-0.3, -0.25) is 0 Å². The Morgan fingerprint density at radius 2 is 0.520 bits per heavy atom. The molecule has 0 atom stereocenters. The van der Waals surface area contributed by atoms with Crippen LogP contribution in [-0.4, -0.2) is 0 Å². The van der Waals surface area contributed by atoms with Gasteiger partial charge in [0.25, 0.3) is 0 Å². The van der Waals surface area contributed by atoms with E-state index in [4.69, 9.17) is 0 Å². The third-order valence-corrected chi connectivity index (χ3v) is 9.12. The molecule has 50 heavy (non-hydrogen) atoms. The van der Waals surface area contributed by atoms with Crippen LogP contribution in [0.15, 0.2) is 0 Å². The fraction of sp³-hybridized carbons (Fsp3) is 0.600. The topological polar surface area (TPSA) is 0 Å². The van der Waals surface area contributed by atoms with E-state index < -0.39 is 0 Å². The van der Waals surface area contributed by atoms with E-state index >= 15 is 0 Å². The lowest BCUT2D eigenvalue weighted by atomic mass is 9.85. The van der Waals surface area contributed by atoms with E-state index in [0.29, 0.717) is 47.3 Å². The van der Waals surface area contributed by atoms with Crippen LogP contribution in [0, 0.1) is 166 Å². The molecule has 0 aromatic carbocycles. The van der Waals surface area contributed by atoms with Crippen molar-refractivity contribution in [2.75, 3.05) is 0 Å². The standard InChI is InChI=1S/C12H14.C11H12.C10H10.C9H10.C8H8/c1(5-11-7-3-8-11)2-6-12-9-4-10-12;1(2-5-11-8-9-11)4-10-6-3-7-10;1(3-9-5-6-9)2-4-10-7-8-10;1-2-3-4-5-6-9-7-8-9;1-2-3-4-5-8-6-7-8/h11-12H,3-4,7-10H2;10-11H,3,6-9H2;9-10H,5-8H2;9H,2,7-8H2,1H3;8H,6-7H2,1H3. The number of rotatable bonds is 0. The van der Waals surface area contributed by atoms with Gasteiger partial charge in [0.1, 0.15) is 0 Å². The third kappa shape index (κ3) is 21.5. The molecule has 0 bridgehead atoms. The quantitative estimate of drug-likeness (QED) is 0.228. The highest BCUT2D eigenvalue weighted by atomic mass is 14.2. The molecule has 0 amide bonds. The second kappa shape index (κ2) is 23.9. The molecular weight excluding hydrogens is 601 g/mol. The largest absolute Gasteiger partial charge is 0.0925 e. The Balaban J connectivity index is 0.000000141. The van der Waals surface area contributed by atoms with Gasteiger partial charge in [0, 0.05) is 53.8 Å². The van der Waals surface area contributed by atoms with Crippen LogP contribution < -0.4 is 0 Å². The van der Waals surface area contributed by atoms with E-state index in [1.807, 2.05) is 13.8 Å². The van der Waals surface area contributed by atoms with Gasteiger partial charge in [-0.05, 0) is 169 Å². The van der Waals surface area contributed by atoms with Gasteiger partial charge in [0.2, 0.25) is 0 Å². The molecule has 0 heterocycles. The summed E-state index contributed by atoms with van der Waals surface area (Å²) < 4.78 is 0.